The van der Waals surface area contributed by atoms with Gasteiger partial charge in [0.15, 0.2) is 5.78 Å². The Morgan fingerprint density at radius 1 is 1.19 bits per heavy atom. The monoisotopic (exact) mass is 283 g/mol. The minimum Gasteiger partial charge on any atom is -0.497 e. The molecule has 1 saturated heterocycles. The highest BCUT2D eigenvalue weighted by atomic mass is 16.5. The van der Waals surface area contributed by atoms with Crippen molar-refractivity contribution in [1.82, 2.24) is 5.32 Å². The highest BCUT2D eigenvalue weighted by Gasteiger charge is 2.35. The predicted octanol–water partition coefficient (Wildman–Crippen LogP) is 3.42. The number of fused-ring (bicyclic) bond motifs is 1. The molecule has 0 bridgehead atoms. The predicted molar refractivity (Wildman–Crippen MR) is 85.0 cm³/mol. The van der Waals surface area contributed by atoms with Gasteiger partial charge in [0.25, 0.3) is 0 Å². The van der Waals surface area contributed by atoms with Crippen molar-refractivity contribution in [1.29, 1.82) is 0 Å². The molecular formula is C18H21NO2. The number of nitrogens with one attached hydrogen (secondary N) is 1. The van der Waals surface area contributed by atoms with Crippen LogP contribution in [-0.2, 0) is 0 Å². The molecule has 3 nitrogen and oxygen atoms in total. The molecule has 0 radical (unpaired) electrons. The van der Waals surface area contributed by atoms with E-state index in [1.54, 1.807) is 7.11 Å². The van der Waals surface area contributed by atoms with E-state index in [0.29, 0.717) is 0 Å². The van der Waals surface area contributed by atoms with E-state index >= 15 is 0 Å². The summed E-state index contributed by atoms with van der Waals surface area (Å²) in [4.78, 5) is 12.8. The van der Waals surface area contributed by atoms with E-state index in [1.165, 1.54) is 0 Å². The molecule has 1 fully saturated rings. The van der Waals surface area contributed by atoms with Gasteiger partial charge >= 0.3 is 0 Å². The first-order chi connectivity index (χ1) is 10.1. The molecule has 1 N–H and O–H groups in total. The van der Waals surface area contributed by atoms with Crippen molar-refractivity contribution in [2.45, 2.75) is 19.8 Å². The van der Waals surface area contributed by atoms with Gasteiger partial charge in [-0.3, -0.25) is 4.79 Å². The van der Waals surface area contributed by atoms with Gasteiger partial charge in [-0.05, 0) is 48.4 Å². The summed E-state index contributed by atoms with van der Waals surface area (Å²) in [5.41, 5.74) is 0.525. The summed E-state index contributed by atoms with van der Waals surface area (Å²) in [7, 11) is 1.66. The van der Waals surface area contributed by atoms with E-state index in [9.17, 15) is 4.79 Å². The molecule has 21 heavy (non-hydrogen) atoms. The summed E-state index contributed by atoms with van der Waals surface area (Å²) in [6.45, 7) is 3.85. The smallest absolute Gasteiger partial charge is 0.170 e. The van der Waals surface area contributed by atoms with Crippen LogP contribution in [-0.4, -0.2) is 26.0 Å². The number of methoxy groups -OCH3 is 1. The molecule has 0 amide bonds. The van der Waals surface area contributed by atoms with Gasteiger partial charge in [-0.25, -0.2) is 0 Å². The van der Waals surface area contributed by atoms with Crippen molar-refractivity contribution in [3.8, 4) is 5.75 Å². The minimum atomic E-state index is -0.279. The molecule has 3 rings (SSSR count). The second-order valence-corrected chi connectivity index (χ2v) is 6.10. The van der Waals surface area contributed by atoms with Crippen LogP contribution in [0.1, 0.15) is 30.1 Å². The fraction of sp³-hybridized carbons (Fsp3) is 0.389. The third kappa shape index (κ3) is 2.66. The van der Waals surface area contributed by atoms with Crippen LogP contribution >= 0.6 is 0 Å². The Hall–Kier alpha value is -1.87. The van der Waals surface area contributed by atoms with E-state index in [0.717, 1.165) is 48.0 Å². The van der Waals surface area contributed by atoms with Gasteiger partial charge in [-0.15, -0.1) is 0 Å². The number of carbonyl (C=O) groups is 1. The van der Waals surface area contributed by atoms with E-state index in [2.05, 4.69) is 12.2 Å². The van der Waals surface area contributed by atoms with E-state index in [-0.39, 0.29) is 11.2 Å². The summed E-state index contributed by atoms with van der Waals surface area (Å²) in [6, 6.07) is 11.9. The van der Waals surface area contributed by atoms with Crippen molar-refractivity contribution < 1.29 is 9.53 Å². The second-order valence-electron chi connectivity index (χ2n) is 6.10. The lowest BCUT2D eigenvalue weighted by atomic mass is 9.76. The van der Waals surface area contributed by atoms with Crippen molar-refractivity contribution >= 4 is 16.6 Å². The van der Waals surface area contributed by atoms with Gasteiger partial charge in [0, 0.05) is 17.5 Å². The number of rotatable bonds is 3. The highest BCUT2D eigenvalue weighted by Crippen LogP contribution is 2.31. The van der Waals surface area contributed by atoms with E-state index < -0.39 is 0 Å². The van der Waals surface area contributed by atoms with Gasteiger partial charge in [-0.1, -0.05) is 25.1 Å². The topological polar surface area (TPSA) is 38.3 Å². The van der Waals surface area contributed by atoms with E-state index in [1.807, 2.05) is 36.4 Å². The average Bonchev–Trinajstić information content (AvgIpc) is 2.53. The van der Waals surface area contributed by atoms with Gasteiger partial charge in [0.2, 0.25) is 0 Å². The number of hydrogen-bond donors (Lipinski definition) is 1. The molecular weight excluding hydrogens is 262 g/mol. The first-order valence-corrected chi connectivity index (χ1v) is 7.46. The van der Waals surface area contributed by atoms with Crippen LogP contribution in [0.15, 0.2) is 36.4 Å². The molecule has 0 aliphatic carbocycles. The maximum absolute atomic E-state index is 12.8. The molecule has 110 valence electrons. The summed E-state index contributed by atoms with van der Waals surface area (Å²) in [5.74, 6) is 1.08. The van der Waals surface area contributed by atoms with Crippen LogP contribution in [0.4, 0.5) is 0 Å². The first kappa shape index (κ1) is 14.1. The lowest BCUT2D eigenvalue weighted by Crippen LogP contribution is -2.43. The van der Waals surface area contributed by atoms with Gasteiger partial charge < -0.3 is 10.1 Å². The van der Waals surface area contributed by atoms with Crippen molar-refractivity contribution in [3.05, 3.63) is 42.0 Å². The Morgan fingerprint density at radius 2 is 1.95 bits per heavy atom. The molecule has 1 atom stereocenters. The normalized spacial score (nSPS) is 22.2. The van der Waals surface area contributed by atoms with Gasteiger partial charge in [0.1, 0.15) is 5.75 Å². The summed E-state index contributed by atoms with van der Waals surface area (Å²) < 4.78 is 5.24. The molecule has 0 saturated carbocycles. The number of piperidine rings is 1. The number of Topliss-reactive ketones (excluding diaryl/α,β-unsaturated/α-hetero) is 1. The van der Waals surface area contributed by atoms with Gasteiger partial charge in [-0.2, -0.15) is 0 Å². The second kappa shape index (κ2) is 5.49. The Labute approximate surface area is 125 Å². The zero-order valence-electron chi connectivity index (χ0n) is 12.6. The number of carbonyl (C=O) groups excluding carboxylic acids is 1. The fourth-order valence-corrected chi connectivity index (χ4v) is 3.09. The molecule has 1 aliphatic heterocycles. The summed E-state index contributed by atoms with van der Waals surface area (Å²) in [5, 5.41) is 5.51. The Bertz CT molecular complexity index is 672. The highest BCUT2D eigenvalue weighted by molar-refractivity contribution is 6.03. The SMILES string of the molecule is COc1ccc2cc(C(=O)C3(C)CCCNC3)ccc2c1. The largest absolute Gasteiger partial charge is 0.497 e. The maximum Gasteiger partial charge on any atom is 0.170 e. The van der Waals surface area contributed by atoms with E-state index in [4.69, 9.17) is 4.74 Å². The summed E-state index contributed by atoms with van der Waals surface area (Å²) >= 11 is 0. The molecule has 0 aromatic heterocycles. The minimum absolute atomic E-state index is 0.243. The van der Waals surface area contributed by atoms with Crippen molar-refractivity contribution in [2.24, 2.45) is 5.41 Å². The van der Waals surface area contributed by atoms with Crippen LogP contribution in [0.25, 0.3) is 10.8 Å². The van der Waals surface area contributed by atoms with Crippen LogP contribution < -0.4 is 10.1 Å². The lowest BCUT2D eigenvalue weighted by Gasteiger charge is -2.32. The standard InChI is InChI=1S/C18H21NO2/c1-18(8-3-9-19-12-18)17(20)15-5-4-14-11-16(21-2)7-6-13(14)10-15/h4-7,10-11,19H,3,8-9,12H2,1-2H3. The van der Waals surface area contributed by atoms with Crippen LogP contribution in [0, 0.1) is 5.41 Å². The van der Waals surface area contributed by atoms with Crippen molar-refractivity contribution in [3.63, 3.8) is 0 Å². The van der Waals surface area contributed by atoms with Crippen molar-refractivity contribution in [2.75, 3.05) is 20.2 Å². The third-order valence-corrected chi connectivity index (χ3v) is 4.46. The molecule has 1 aliphatic rings. The number of ketones is 1. The van der Waals surface area contributed by atoms with Crippen LogP contribution in [0.5, 0.6) is 5.75 Å². The molecule has 1 heterocycles. The number of benzene rings is 2. The molecule has 3 heteroatoms. The quantitative estimate of drug-likeness (QED) is 0.877. The third-order valence-electron chi connectivity index (χ3n) is 4.46. The molecule has 2 aromatic carbocycles. The van der Waals surface area contributed by atoms with Gasteiger partial charge in [0.05, 0.1) is 7.11 Å². The first-order valence-electron chi connectivity index (χ1n) is 7.46. The lowest BCUT2D eigenvalue weighted by molar-refractivity contribution is 0.0773. The Balaban J connectivity index is 1.95. The Morgan fingerprint density at radius 3 is 2.67 bits per heavy atom. The molecule has 1 unspecified atom stereocenters. The zero-order valence-corrected chi connectivity index (χ0v) is 12.6. The zero-order chi connectivity index (χ0) is 14.9. The Kier molecular flexibility index (Phi) is 3.68. The number of ether oxygens (including phenoxy) is 1. The fourth-order valence-electron chi connectivity index (χ4n) is 3.09. The average molecular weight is 283 g/mol. The molecule has 2 aromatic rings. The maximum atomic E-state index is 12.8. The number of hydrogen-bond acceptors (Lipinski definition) is 3. The van der Waals surface area contributed by atoms with Crippen LogP contribution in [0.3, 0.4) is 0 Å². The molecule has 0 spiro atoms. The van der Waals surface area contributed by atoms with Crippen LogP contribution in [0.2, 0.25) is 0 Å². The summed E-state index contributed by atoms with van der Waals surface area (Å²) in [6.07, 6.45) is 2.02.